The highest BCUT2D eigenvalue weighted by atomic mass is 16.5. The van der Waals surface area contributed by atoms with Crippen LogP contribution in [0.25, 0.3) is 0 Å². The number of hydrogen-bond acceptors (Lipinski definition) is 3. The molecule has 0 saturated heterocycles. The van der Waals surface area contributed by atoms with Crippen LogP contribution >= 0.6 is 0 Å². The summed E-state index contributed by atoms with van der Waals surface area (Å²) in [6, 6.07) is 6.53. The van der Waals surface area contributed by atoms with Crippen molar-refractivity contribution in [2.45, 2.75) is 70.6 Å². The van der Waals surface area contributed by atoms with E-state index in [4.69, 9.17) is 9.84 Å². The number of methoxy groups -OCH3 is 1. The number of rotatable bonds is 6. The molecule has 0 aromatic heterocycles. The molecular weight excluding hydrogens is 352 g/mol. The molecule has 152 valence electrons. The first-order valence-electron chi connectivity index (χ1n) is 10.9. The lowest BCUT2D eigenvalue weighted by Crippen LogP contribution is -2.44. The quantitative estimate of drug-likeness (QED) is 0.702. The van der Waals surface area contributed by atoms with Gasteiger partial charge in [0, 0.05) is 18.3 Å². The highest BCUT2D eigenvalue weighted by molar-refractivity contribution is 5.87. The molecule has 3 aliphatic rings. The third-order valence-electron chi connectivity index (χ3n) is 7.99. The highest BCUT2D eigenvalue weighted by Gasteiger charge is 2.58. The minimum absolute atomic E-state index is 0.164. The fourth-order valence-corrected chi connectivity index (χ4v) is 6.69. The number of hydrogen-bond donors (Lipinski definition) is 1. The Morgan fingerprint density at radius 1 is 1.29 bits per heavy atom. The van der Waals surface area contributed by atoms with E-state index in [1.807, 2.05) is 0 Å². The molecule has 3 unspecified atom stereocenters. The molecule has 28 heavy (non-hydrogen) atoms. The van der Waals surface area contributed by atoms with Crippen LogP contribution in [-0.2, 0) is 16.0 Å². The smallest absolute Gasteiger partial charge is 0.303 e. The maximum atomic E-state index is 13.0. The molecular formula is C24H32O4. The molecule has 5 atom stereocenters. The molecule has 0 bridgehead atoms. The molecule has 0 radical (unpaired) electrons. The number of fused-ring (bicyclic) bond motifs is 5. The van der Waals surface area contributed by atoms with Gasteiger partial charge in [-0.05, 0) is 85.5 Å². The van der Waals surface area contributed by atoms with Crippen LogP contribution in [0.15, 0.2) is 18.2 Å². The number of carboxylic acid groups (broad SMARTS) is 1. The molecule has 0 aliphatic heterocycles. The lowest BCUT2D eigenvalue weighted by Gasteiger charge is -2.50. The summed E-state index contributed by atoms with van der Waals surface area (Å²) in [4.78, 5) is 23.8. The fraction of sp³-hybridized carbons (Fsp3) is 0.667. The van der Waals surface area contributed by atoms with E-state index in [1.54, 1.807) is 7.11 Å². The first-order valence-corrected chi connectivity index (χ1v) is 10.9. The van der Waals surface area contributed by atoms with Crippen molar-refractivity contribution in [1.29, 1.82) is 0 Å². The van der Waals surface area contributed by atoms with Crippen LogP contribution in [0.3, 0.4) is 0 Å². The van der Waals surface area contributed by atoms with Gasteiger partial charge in [-0.25, -0.2) is 0 Å². The van der Waals surface area contributed by atoms with Crippen LogP contribution in [0.4, 0.5) is 0 Å². The summed E-state index contributed by atoms with van der Waals surface area (Å²) in [6.07, 6.45) is 7.91. The number of carbonyl (C=O) groups is 2. The normalized spacial score (nSPS) is 33.7. The number of unbranched alkanes of at least 4 members (excludes halogenated alkanes) is 1. The van der Waals surface area contributed by atoms with Gasteiger partial charge in [0.25, 0.3) is 0 Å². The van der Waals surface area contributed by atoms with Crippen molar-refractivity contribution in [3.05, 3.63) is 29.3 Å². The molecule has 2 saturated carbocycles. The Hall–Kier alpha value is -1.84. The van der Waals surface area contributed by atoms with E-state index in [0.29, 0.717) is 35.9 Å². The summed E-state index contributed by atoms with van der Waals surface area (Å²) in [6.45, 7) is 2.22. The van der Waals surface area contributed by atoms with Gasteiger partial charge >= 0.3 is 5.97 Å². The zero-order valence-electron chi connectivity index (χ0n) is 17.1. The van der Waals surface area contributed by atoms with Gasteiger partial charge in [0.05, 0.1) is 7.11 Å². The maximum Gasteiger partial charge on any atom is 0.303 e. The van der Waals surface area contributed by atoms with Crippen molar-refractivity contribution in [3.8, 4) is 5.75 Å². The largest absolute Gasteiger partial charge is 0.497 e. The number of aryl methyl sites for hydroxylation is 1. The van der Waals surface area contributed by atoms with E-state index in [2.05, 4.69) is 25.1 Å². The highest BCUT2D eigenvalue weighted by Crippen LogP contribution is 2.62. The van der Waals surface area contributed by atoms with Gasteiger partial charge in [-0.15, -0.1) is 0 Å². The number of carbonyl (C=O) groups excluding carboxylic acids is 1. The standard InChI is InChI=1S/C24H32O4/c1-24-12-11-19-18-10-8-17(28-2)13-15(18)7-9-20(19)23(24)16(14-21(24)25)5-3-4-6-22(26)27/h8,10,13,16,19-20,23H,3-7,9,11-12,14H2,1-2H3,(H,26,27)/t16-,19?,20?,23?,24-/m1/s1. The van der Waals surface area contributed by atoms with E-state index in [-0.39, 0.29) is 11.8 Å². The molecule has 3 aliphatic carbocycles. The number of ketones is 1. The van der Waals surface area contributed by atoms with Crippen LogP contribution in [0.1, 0.15) is 75.3 Å². The molecule has 1 aromatic rings. The minimum atomic E-state index is -0.718. The zero-order valence-corrected chi connectivity index (χ0v) is 17.1. The summed E-state index contributed by atoms with van der Waals surface area (Å²) < 4.78 is 5.42. The summed E-state index contributed by atoms with van der Waals surface area (Å²) in [5.74, 6) is 2.70. The van der Waals surface area contributed by atoms with Crippen molar-refractivity contribution in [1.82, 2.24) is 0 Å². The number of benzene rings is 1. The lowest BCUT2D eigenvalue weighted by atomic mass is 9.54. The molecule has 2 fully saturated rings. The number of carboxylic acids is 1. The van der Waals surface area contributed by atoms with Crippen molar-refractivity contribution in [2.24, 2.45) is 23.2 Å². The van der Waals surface area contributed by atoms with Gasteiger partial charge in [-0.2, -0.15) is 0 Å². The summed E-state index contributed by atoms with van der Waals surface area (Å²) in [5, 5.41) is 8.90. The third kappa shape index (κ3) is 3.25. The molecule has 1 aromatic carbocycles. The first kappa shape index (κ1) is 19.5. The van der Waals surface area contributed by atoms with Gasteiger partial charge in [-0.1, -0.05) is 19.4 Å². The van der Waals surface area contributed by atoms with Crippen LogP contribution in [0, 0.1) is 23.2 Å². The van der Waals surface area contributed by atoms with Crippen LogP contribution in [0.5, 0.6) is 5.75 Å². The van der Waals surface area contributed by atoms with E-state index in [9.17, 15) is 9.59 Å². The molecule has 4 rings (SSSR count). The summed E-state index contributed by atoms with van der Waals surface area (Å²) in [7, 11) is 1.72. The van der Waals surface area contributed by atoms with Gasteiger partial charge in [-0.3, -0.25) is 9.59 Å². The SMILES string of the molecule is COc1ccc2c(c1)CCC1C2CC[C@]2(C)C(=O)C[C@@H](CCCCC(=O)O)C12. The predicted octanol–water partition coefficient (Wildman–Crippen LogP) is 4.99. The molecule has 0 spiro atoms. The molecule has 4 nitrogen and oxygen atoms in total. The molecule has 0 amide bonds. The molecule has 4 heteroatoms. The van der Waals surface area contributed by atoms with Crippen LogP contribution < -0.4 is 4.74 Å². The first-order chi connectivity index (χ1) is 13.4. The van der Waals surface area contributed by atoms with Gasteiger partial charge in [0.15, 0.2) is 0 Å². The predicted molar refractivity (Wildman–Crippen MR) is 108 cm³/mol. The Labute approximate surface area is 167 Å². The van der Waals surface area contributed by atoms with Crippen molar-refractivity contribution >= 4 is 11.8 Å². The van der Waals surface area contributed by atoms with E-state index in [0.717, 1.165) is 50.7 Å². The average molecular weight is 385 g/mol. The topological polar surface area (TPSA) is 63.6 Å². The van der Waals surface area contributed by atoms with Crippen LogP contribution in [-0.4, -0.2) is 24.0 Å². The summed E-state index contributed by atoms with van der Waals surface area (Å²) >= 11 is 0. The van der Waals surface area contributed by atoms with Crippen molar-refractivity contribution < 1.29 is 19.4 Å². The third-order valence-corrected chi connectivity index (χ3v) is 7.99. The maximum absolute atomic E-state index is 13.0. The Morgan fingerprint density at radius 3 is 2.86 bits per heavy atom. The van der Waals surface area contributed by atoms with Crippen molar-refractivity contribution in [2.75, 3.05) is 7.11 Å². The zero-order chi connectivity index (χ0) is 19.9. The van der Waals surface area contributed by atoms with Crippen molar-refractivity contribution in [3.63, 3.8) is 0 Å². The van der Waals surface area contributed by atoms with Crippen LogP contribution in [0.2, 0.25) is 0 Å². The molecule has 1 N–H and O–H groups in total. The van der Waals surface area contributed by atoms with E-state index >= 15 is 0 Å². The van der Waals surface area contributed by atoms with Gasteiger partial charge < -0.3 is 9.84 Å². The Morgan fingerprint density at radius 2 is 2.11 bits per heavy atom. The summed E-state index contributed by atoms with van der Waals surface area (Å²) in [5.41, 5.74) is 2.73. The number of ether oxygens (including phenoxy) is 1. The fourth-order valence-electron chi connectivity index (χ4n) is 6.69. The van der Waals surface area contributed by atoms with Gasteiger partial charge in [0.1, 0.15) is 11.5 Å². The second kappa shape index (κ2) is 7.53. The Bertz CT molecular complexity index is 770. The average Bonchev–Trinajstić information content (AvgIpc) is 2.94. The minimum Gasteiger partial charge on any atom is -0.497 e. The van der Waals surface area contributed by atoms with E-state index in [1.165, 1.54) is 11.1 Å². The van der Waals surface area contributed by atoms with Gasteiger partial charge in [0.2, 0.25) is 0 Å². The lowest BCUT2D eigenvalue weighted by molar-refractivity contribution is -0.137. The Kier molecular flexibility index (Phi) is 5.24. The monoisotopic (exact) mass is 384 g/mol. The van der Waals surface area contributed by atoms with E-state index < -0.39 is 5.97 Å². The number of aliphatic carboxylic acids is 1. The second-order valence-corrected chi connectivity index (χ2v) is 9.38. The second-order valence-electron chi connectivity index (χ2n) is 9.38. The molecule has 0 heterocycles. The number of Topliss-reactive ketones (excluding diaryl/α,β-unsaturated/α-hetero) is 1. The Balaban J connectivity index is 1.55.